The second-order valence-corrected chi connectivity index (χ2v) is 8.88. The Balaban J connectivity index is 1.70. The lowest BCUT2D eigenvalue weighted by Gasteiger charge is -2.57. The van der Waals surface area contributed by atoms with E-state index in [-0.39, 0.29) is 16.6 Å². The summed E-state index contributed by atoms with van der Waals surface area (Å²) in [5.41, 5.74) is -0.315. The number of fused-ring (bicyclic) bond motifs is 5. The molecule has 0 bridgehead atoms. The van der Waals surface area contributed by atoms with E-state index in [1.165, 1.54) is 5.57 Å². The molecule has 0 heterocycles. The van der Waals surface area contributed by atoms with Crippen LogP contribution in [0.1, 0.15) is 52.4 Å². The Morgan fingerprint density at radius 1 is 1.27 bits per heavy atom. The fourth-order valence-corrected chi connectivity index (χ4v) is 6.74. The second kappa shape index (κ2) is 5.45. The van der Waals surface area contributed by atoms with Gasteiger partial charge in [-0.1, -0.05) is 31.4 Å². The topological polar surface area (TPSA) is 69.4 Å². The Morgan fingerprint density at radius 2 is 2.00 bits per heavy atom. The third kappa shape index (κ3) is 2.08. The Hall–Kier alpha value is -2.09. The van der Waals surface area contributed by atoms with Crippen molar-refractivity contribution < 1.29 is 14.7 Å². The van der Waals surface area contributed by atoms with E-state index >= 15 is 0 Å². The van der Waals surface area contributed by atoms with Crippen LogP contribution in [0.15, 0.2) is 23.8 Å². The number of hydrogen-bond acceptors (Lipinski definition) is 4. The van der Waals surface area contributed by atoms with Crippen LogP contribution in [0.25, 0.3) is 0 Å². The van der Waals surface area contributed by atoms with Gasteiger partial charge in [0.2, 0.25) is 0 Å². The molecule has 0 aromatic carbocycles. The molecular formula is C21H25NO4. The summed E-state index contributed by atoms with van der Waals surface area (Å²) in [5, 5.41) is 10.4. The largest absolute Gasteiger partial charge is 0.296 e. The Morgan fingerprint density at radius 3 is 2.69 bits per heavy atom. The van der Waals surface area contributed by atoms with Gasteiger partial charge in [-0.15, -0.1) is 16.5 Å². The smallest absolute Gasteiger partial charge is 0.294 e. The number of ketones is 1. The van der Waals surface area contributed by atoms with Crippen molar-refractivity contribution in [2.24, 2.45) is 28.6 Å². The molecule has 0 spiro atoms. The van der Waals surface area contributed by atoms with E-state index < -0.39 is 10.7 Å². The number of terminal acetylenes is 1. The lowest BCUT2D eigenvalue weighted by atomic mass is 9.47. The molecule has 6 atom stereocenters. The molecule has 0 radical (unpaired) electrons. The summed E-state index contributed by atoms with van der Waals surface area (Å²) in [5.74, 6) is 4.00. The normalized spacial score (nSPS) is 46.4. The average Bonchev–Trinajstić information content (AvgIpc) is 2.88. The number of hydrogen-bond donors (Lipinski definition) is 0. The van der Waals surface area contributed by atoms with E-state index in [0.29, 0.717) is 24.2 Å². The second-order valence-electron chi connectivity index (χ2n) is 8.88. The van der Waals surface area contributed by atoms with Crippen LogP contribution in [-0.4, -0.2) is 16.5 Å². The molecule has 0 aromatic heterocycles. The molecular weight excluding hydrogens is 330 g/mol. The van der Waals surface area contributed by atoms with Gasteiger partial charge < -0.3 is 0 Å². The zero-order valence-corrected chi connectivity index (χ0v) is 15.4. The summed E-state index contributed by atoms with van der Waals surface area (Å²) < 4.78 is 0. The Labute approximate surface area is 154 Å². The molecule has 138 valence electrons. The van der Waals surface area contributed by atoms with Gasteiger partial charge in [0.25, 0.3) is 5.09 Å². The van der Waals surface area contributed by atoms with Crippen LogP contribution in [0.3, 0.4) is 0 Å². The lowest BCUT2D eigenvalue weighted by molar-refractivity contribution is -0.781. The molecule has 4 aliphatic rings. The third-order valence-corrected chi connectivity index (χ3v) is 8.14. The van der Waals surface area contributed by atoms with Gasteiger partial charge in [0.1, 0.15) is 0 Å². The predicted octanol–water partition coefficient (Wildman–Crippen LogP) is 3.87. The molecule has 4 rings (SSSR count). The van der Waals surface area contributed by atoms with Crippen LogP contribution < -0.4 is 0 Å². The first-order valence-corrected chi connectivity index (χ1v) is 9.51. The van der Waals surface area contributed by atoms with Crippen molar-refractivity contribution in [3.05, 3.63) is 33.9 Å². The van der Waals surface area contributed by atoms with Gasteiger partial charge in [0, 0.05) is 10.8 Å². The van der Waals surface area contributed by atoms with Crippen molar-refractivity contribution in [2.75, 3.05) is 0 Å². The fraction of sp³-hybridized carbons (Fsp3) is 0.667. The molecule has 0 saturated heterocycles. The van der Waals surface area contributed by atoms with Crippen LogP contribution in [0.5, 0.6) is 0 Å². The van der Waals surface area contributed by atoms with Gasteiger partial charge >= 0.3 is 0 Å². The van der Waals surface area contributed by atoms with Crippen molar-refractivity contribution in [1.82, 2.24) is 0 Å². The standard InChI is InChI=1S/C21H25NO4/c1-4-21(26-22(24)25)12-9-18-16-6-5-14-13-15(23)7-10-19(14,2)17(16)8-11-20(18,21)3/h1,7,10,13,16-18H,5-6,8-9,11-12H2,2-3H3/t16-,17+,18+,19+,20+,21+/m1/s1. The molecule has 5 heteroatoms. The molecule has 0 unspecified atom stereocenters. The molecule has 3 fully saturated rings. The maximum absolute atomic E-state index is 11.8. The maximum atomic E-state index is 11.8. The Kier molecular flexibility index (Phi) is 3.63. The number of nitrogens with zero attached hydrogens (tertiary/aromatic N) is 1. The molecule has 0 aromatic rings. The first-order chi connectivity index (χ1) is 12.3. The molecule has 4 aliphatic carbocycles. The maximum Gasteiger partial charge on any atom is 0.296 e. The first-order valence-electron chi connectivity index (χ1n) is 9.51. The monoisotopic (exact) mass is 355 g/mol. The molecule has 0 N–H and O–H groups in total. The van der Waals surface area contributed by atoms with Crippen LogP contribution in [0.4, 0.5) is 0 Å². The summed E-state index contributed by atoms with van der Waals surface area (Å²) in [7, 11) is 0. The van der Waals surface area contributed by atoms with Crippen LogP contribution >= 0.6 is 0 Å². The minimum Gasteiger partial charge on any atom is -0.294 e. The molecule has 0 amide bonds. The highest BCUT2D eigenvalue weighted by Gasteiger charge is 2.65. The molecule has 26 heavy (non-hydrogen) atoms. The number of carbonyl (C=O) groups excluding carboxylic acids is 1. The highest BCUT2D eigenvalue weighted by molar-refractivity contribution is 6.01. The van der Waals surface area contributed by atoms with Crippen molar-refractivity contribution in [1.29, 1.82) is 0 Å². The molecule has 5 nitrogen and oxygen atoms in total. The summed E-state index contributed by atoms with van der Waals surface area (Å²) in [4.78, 5) is 28.1. The van der Waals surface area contributed by atoms with Crippen molar-refractivity contribution in [3.8, 4) is 12.3 Å². The minimum atomic E-state index is -1.11. The molecule has 0 aliphatic heterocycles. The van der Waals surface area contributed by atoms with Crippen molar-refractivity contribution >= 4 is 5.78 Å². The van der Waals surface area contributed by atoms with Crippen molar-refractivity contribution in [2.45, 2.75) is 58.0 Å². The molecule has 3 saturated carbocycles. The van der Waals surface area contributed by atoms with E-state index in [4.69, 9.17) is 11.3 Å². The van der Waals surface area contributed by atoms with E-state index in [2.05, 4.69) is 25.8 Å². The summed E-state index contributed by atoms with van der Waals surface area (Å²) in [6, 6.07) is 0. The van der Waals surface area contributed by atoms with Crippen LogP contribution in [0.2, 0.25) is 0 Å². The van der Waals surface area contributed by atoms with Gasteiger partial charge in [0.05, 0.1) is 0 Å². The summed E-state index contributed by atoms with van der Waals surface area (Å²) >= 11 is 0. The fourth-order valence-electron chi connectivity index (χ4n) is 6.74. The highest BCUT2D eigenvalue weighted by Crippen LogP contribution is 2.67. The zero-order valence-electron chi connectivity index (χ0n) is 15.4. The van der Waals surface area contributed by atoms with Gasteiger partial charge in [-0.2, -0.15) is 0 Å². The number of allylic oxidation sites excluding steroid dienone is 4. The van der Waals surface area contributed by atoms with Crippen molar-refractivity contribution in [3.63, 3.8) is 0 Å². The quantitative estimate of drug-likeness (QED) is 0.428. The minimum absolute atomic E-state index is 0.0799. The van der Waals surface area contributed by atoms with E-state index in [1.54, 1.807) is 6.08 Å². The average molecular weight is 355 g/mol. The predicted molar refractivity (Wildman–Crippen MR) is 96.3 cm³/mol. The van der Waals surface area contributed by atoms with Gasteiger partial charge in [0.15, 0.2) is 11.4 Å². The van der Waals surface area contributed by atoms with Gasteiger partial charge in [-0.3, -0.25) is 9.63 Å². The SMILES string of the molecule is C#C[C@]1(O[N+](=O)[O-])CC[C@H]2[C@@H]3CCC4=CC(=O)C=C[C@]4(C)[C@H]3CC[C@@]21C. The third-order valence-electron chi connectivity index (χ3n) is 8.14. The van der Waals surface area contributed by atoms with Crippen LogP contribution in [-0.2, 0) is 9.63 Å². The van der Waals surface area contributed by atoms with E-state index in [9.17, 15) is 14.9 Å². The first kappa shape index (κ1) is 17.3. The Bertz CT molecular complexity index is 777. The lowest BCUT2D eigenvalue weighted by Crippen LogP contribution is -2.55. The summed E-state index contributed by atoms with van der Waals surface area (Å²) in [6.07, 6.45) is 16.5. The zero-order chi connectivity index (χ0) is 18.7. The van der Waals surface area contributed by atoms with E-state index in [1.807, 2.05) is 6.08 Å². The van der Waals surface area contributed by atoms with Gasteiger partial charge in [-0.25, -0.2) is 0 Å². The highest BCUT2D eigenvalue weighted by atomic mass is 17.0. The number of rotatable bonds is 2. The number of carbonyl (C=O) groups is 1. The van der Waals surface area contributed by atoms with Crippen LogP contribution in [0, 0.1) is 51.0 Å². The summed E-state index contributed by atoms with van der Waals surface area (Å²) in [6.45, 7) is 4.34. The van der Waals surface area contributed by atoms with E-state index in [0.717, 1.165) is 32.1 Å². The van der Waals surface area contributed by atoms with Gasteiger partial charge in [-0.05, 0) is 68.4 Å².